The summed E-state index contributed by atoms with van der Waals surface area (Å²) in [4.78, 5) is 19.8. The Morgan fingerprint density at radius 1 is 1.45 bits per heavy atom. The first kappa shape index (κ1) is 14.3. The lowest BCUT2D eigenvalue weighted by Crippen LogP contribution is -2.25. The van der Waals surface area contributed by atoms with Crippen molar-refractivity contribution in [2.75, 3.05) is 0 Å². The Bertz CT molecular complexity index is 568. The van der Waals surface area contributed by atoms with E-state index >= 15 is 0 Å². The molecule has 7 nitrogen and oxygen atoms in total. The first-order valence-electron chi connectivity index (χ1n) is 6.06. The smallest absolute Gasteiger partial charge is 0.312 e. The van der Waals surface area contributed by atoms with Crippen LogP contribution in [0.4, 0.5) is 0 Å². The van der Waals surface area contributed by atoms with Crippen LogP contribution in [0.25, 0.3) is 0 Å². The Labute approximate surface area is 115 Å². The fraction of sp³-hybridized carbons (Fsp3) is 0.462. The van der Waals surface area contributed by atoms with E-state index < -0.39 is 17.5 Å². The molecule has 0 aliphatic carbocycles. The van der Waals surface area contributed by atoms with Gasteiger partial charge in [0.25, 0.3) is 0 Å². The van der Waals surface area contributed by atoms with E-state index in [1.807, 2.05) is 0 Å². The van der Waals surface area contributed by atoms with E-state index in [1.165, 1.54) is 18.9 Å². The number of oxazole rings is 2. The van der Waals surface area contributed by atoms with Crippen LogP contribution in [0.2, 0.25) is 0 Å². The van der Waals surface area contributed by atoms with Gasteiger partial charge in [-0.25, -0.2) is 9.97 Å². The van der Waals surface area contributed by atoms with Gasteiger partial charge in [-0.2, -0.15) is 0 Å². The molecule has 20 heavy (non-hydrogen) atoms. The minimum absolute atomic E-state index is 0.128. The number of aromatic nitrogens is 2. The molecular formula is C13H16N2O5. The van der Waals surface area contributed by atoms with Gasteiger partial charge in [-0.15, -0.1) is 0 Å². The fourth-order valence-electron chi connectivity index (χ4n) is 1.38. The van der Waals surface area contributed by atoms with Crippen molar-refractivity contribution in [3.8, 4) is 0 Å². The number of aliphatic hydroxyl groups is 1. The van der Waals surface area contributed by atoms with E-state index in [4.69, 9.17) is 18.7 Å². The number of carbonyl (C=O) groups excluding carboxylic acids is 1. The van der Waals surface area contributed by atoms with Crippen LogP contribution in [0.5, 0.6) is 0 Å². The fourth-order valence-corrected chi connectivity index (χ4v) is 1.38. The van der Waals surface area contributed by atoms with Gasteiger partial charge in [-0.1, -0.05) is 0 Å². The molecule has 0 spiro atoms. The van der Waals surface area contributed by atoms with Crippen LogP contribution in [0.15, 0.2) is 27.7 Å². The van der Waals surface area contributed by atoms with E-state index in [2.05, 4.69) is 9.97 Å². The summed E-state index contributed by atoms with van der Waals surface area (Å²) < 4.78 is 15.8. The molecule has 2 aromatic heterocycles. The molecular weight excluding hydrogens is 264 g/mol. The van der Waals surface area contributed by atoms with E-state index in [0.29, 0.717) is 11.5 Å². The number of hydrogen-bond acceptors (Lipinski definition) is 7. The lowest BCUT2D eigenvalue weighted by molar-refractivity contribution is -0.158. The van der Waals surface area contributed by atoms with Crippen LogP contribution in [-0.4, -0.2) is 21.0 Å². The molecule has 108 valence electrons. The summed E-state index contributed by atoms with van der Waals surface area (Å²) in [6.07, 6.45) is 3.01. The highest BCUT2D eigenvalue weighted by Gasteiger charge is 2.32. The number of carbonyl (C=O) groups is 1. The molecule has 0 amide bonds. The van der Waals surface area contributed by atoms with Crippen molar-refractivity contribution in [2.24, 2.45) is 5.41 Å². The number of nitrogens with zero attached hydrogens (tertiary/aromatic N) is 2. The molecule has 0 saturated carbocycles. The molecule has 2 heterocycles. The summed E-state index contributed by atoms with van der Waals surface area (Å²) in [6, 6.07) is 0. The van der Waals surface area contributed by atoms with Crippen LogP contribution in [0.3, 0.4) is 0 Å². The molecule has 0 aliphatic rings. The number of esters is 1. The molecule has 0 aliphatic heterocycles. The van der Waals surface area contributed by atoms with Crippen LogP contribution in [-0.2, 0) is 16.1 Å². The van der Waals surface area contributed by atoms with Crippen molar-refractivity contribution in [1.29, 1.82) is 0 Å². The average Bonchev–Trinajstić information content (AvgIpc) is 3.05. The van der Waals surface area contributed by atoms with Gasteiger partial charge in [0, 0.05) is 0 Å². The normalized spacial score (nSPS) is 13.2. The standard InChI is InChI=1S/C13H16N2O5/c1-13(2,3)12(17)20-10(9-4-14-7-19-9)11-15-8(5-16)6-18-11/h4,6-7,10,16H,5H2,1-3H3/t10-/m0/s1. The molecule has 1 atom stereocenters. The van der Waals surface area contributed by atoms with Crippen LogP contribution < -0.4 is 0 Å². The van der Waals surface area contributed by atoms with Gasteiger partial charge in [-0.05, 0) is 20.8 Å². The highest BCUT2D eigenvalue weighted by atomic mass is 16.6. The summed E-state index contributed by atoms with van der Waals surface area (Å²) >= 11 is 0. The maximum Gasteiger partial charge on any atom is 0.312 e. The van der Waals surface area contributed by atoms with Gasteiger partial charge < -0.3 is 18.7 Å². The molecule has 0 bridgehead atoms. The summed E-state index contributed by atoms with van der Waals surface area (Å²) in [5.41, 5.74) is -0.332. The molecule has 0 fully saturated rings. The van der Waals surface area contributed by atoms with Gasteiger partial charge in [0.15, 0.2) is 12.2 Å². The second-order valence-corrected chi connectivity index (χ2v) is 5.27. The minimum atomic E-state index is -0.926. The largest absolute Gasteiger partial charge is 0.445 e. The topological polar surface area (TPSA) is 98.6 Å². The maximum absolute atomic E-state index is 12.0. The van der Waals surface area contributed by atoms with Crippen molar-refractivity contribution in [2.45, 2.75) is 33.5 Å². The number of hydrogen-bond donors (Lipinski definition) is 1. The second-order valence-electron chi connectivity index (χ2n) is 5.27. The van der Waals surface area contributed by atoms with Crippen LogP contribution in [0.1, 0.15) is 44.2 Å². The summed E-state index contributed by atoms with van der Waals surface area (Å²) in [7, 11) is 0. The van der Waals surface area contributed by atoms with Crippen LogP contribution >= 0.6 is 0 Å². The van der Waals surface area contributed by atoms with Crippen molar-refractivity contribution >= 4 is 5.97 Å². The Morgan fingerprint density at radius 3 is 2.70 bits per heavy atom. The molecule has 0 saturated heterocycles. The highest BCUT2D eigenvalue weighted by Crippen LogP contribution is 2.28. The van der Waals surface area contributed by atoms with Gasteiger partial charge in [-0.3, -0.25) is 4.79 Å². The van der Waals surface area contributed by atoms with E-state index in [-0.39, 0.29) is 12.5 Å². The van der Waals surface area contributed by atoms with Crippen molar-refractivity contribution in [3.05, 3.63) is 36.2 Å². The predicted molar refractivity (Wildman–Crippen MR) is 66.3 cm³/mol. The zero-order valence-electron chi connectivity index (χ0n) is 11.5. The van der Waals surface area contributed by atoms with Crippen LogP contribution in [0, 0.1) is 5.41 Å². The summed E-state index contributed by atoms with van der Waals surface area (Å²) in [5.74, 6) is -0.0000109. The van der Waals surface area contributed by atoms with Crippen molar-refractivity contribution in [3.63, 3.8) is 0 Å². The third-order valence-electron chi connectivity index (χ3n) is 2.50. The number of rotatable bonds is 4. The third-order valence-corrected chi connectivity index (χ3v) is 2.50. The first-order chi connectivity index (χ1) is 9.41. The van der Waals surface area contributed by atoms with Crippen molar-refractivity contribution < 1.29 is 23.5 Å². The van der Waals surface area contributed by atoms with Gasteiger partial charge in [0.05, 0.1) is 18.2 Å². The molecule has 1 N–H and O–H groups in total. The Kier molecular flexibility index (Phi) is 3.89. The quantitative estimate of drug-likeness (QED) is 0.853. The predicted octanol–water partition coefficient (Wildman–Crippen LogP) is 1.83. The van der Waals surface area contributed by atoms with Crippen molar-refractivity contribution in [1.82, 2.24) is 9.97 Å². The Morgan fingerprint density at radius 2 is 2.20 bits per heavy atom. The third kappa shape index (κ3) is 3.05. The molecule has 0 radical (unpaired) electrons. The van der Waals surface area contributed by atoms with E-state index in [0.717, 1.165) is 0 Å². The Hall–Kier alpha value is -2.15. The molecule has 0 aromatic carbocycles. The van der Waals surface area contributed by atoms with Gasteiger partial charge in [0.2, 0.25) is 12.0 Å². The van der Waals surface area contributed by atoms with Gasteiger partial charge in [0.1, 0.15) is 12.0 Å². The highest BCUT2D eigenvalue weighted by molar-refractivity contribution is 5.75. The molecule has 0 unspecified atom stereocenters. The van der Waals surface area contributed by atoms with E-state index in [9.17, 15) is 4.79 Å². The SMILES string of the molecule is CC(C)(C)C(=O)O[C@@H](c1cnco1)c1nc(CO)co1. The van der Waals surface area contributed by atoms with E-state index in [1.54, 1.807) is 20.8 Å². The zero-order valence-corrected chi connectivity index (χ0v) is 11.5. The lowest BCUT2D eigenvalue weighted by Gasteiger charge is -2.20. The molecule has 2 rings (SSSR count). The molecule has 2 aromatic rings. The monoisotopic (exact) mass is 280 g/mol. The molecule has 7 heteroatoms. The lowest BCUT2D eigenvalue weighted by atomic mass is 9.97. The minimum Gasteiger partial charge on any atom is -0.445 e. The number of aliphatic hydroxyl groups excluding tert-OH is 1. The Balaban J connectivity index is 2.29. The zero-order chi connectivity index (χ0) is 14.8. The summed E-state index contributed by atoms with van der Waals surface area (Å²) in [6.45, 7) is 4.95. The first-order valence-corrected chi connectivity index (χ1v) is 6.06. The maximum atomic E-state index is 12.0. The second kappa shape index (κ2) is 5.46. The average molecular weight is 280 g/mol. The summed E-state index contributed by atoms with van der Waals surface area (Å²) in [5, 5.41) is 9.01. The number of ether oxygens (including phenoxy) is 1. The van der Waals surface area contributed by atoms with Gasteiger partial charge >= 0.3 is 5.97 Å².